The van der Waals surface area contributed by atoms with Crippen molar-refractivity contribution in [2.75, 3.05) is 11.9 Å². The Labute approximate surface area is 156 Å². The van der Waals surface area contributed by atoms with Crippen LogP contribution in [0.1, 0.15) is 22.0 Å². The first-order valence-electron chi connectivity index (χ1n) is 7.86. The van der Waals surface area contributed by atoms with Gasteiger partial charge in [0.1, 0.15) is 11.5 Å². The summed E-state index contributed by atoms with van der Waals surface area (Å²) in [6, 6.07) is 4.40. The maximum absolute atomic E-state index is 13.1. The van der Waals surface area contributed by atoms with Crippen LogP contribution in [-0.4, -0.2) is 43.0 Å². The van der Waals surface area contributed by atoms with Crippen LogP contribution in [0.25, 0.3) is 5.78 Å². The smallest absolute Gasteiger partial charge is 0.378 e. The lowest BCUT2D eigenvalue weighted by molar-refractivity contribution is -0.384. The van der Waals surface area contributed by atoms with Crippen molar-refractivity contribution in [3.63, 3.8) is 0 Å². The number of halogens is 1. The Morgan fingerprint density at radius 2 is 2.04 bits per heavy atom. The molecular formula is C16H13FN6O5. The number of benzene rings is 1. The highest BCUT2D eigenvalue weighted by Crippen LogP contribution is 2.24. The number of hydrogen-bond acceptors (Lipinski definition) is 8. The van der Waals surface area contributed by atoms with E-state index in [1.807, 2.05) is 0 Å². The van der Waals surface area contributed by atoms with Crippen LogP contribution in [-0.2, 0) is 9.53 Å². The third-order valence-corrected chi connectivity index (χ3v) is 3.57. The topological polar surface area (TPSA) is 142 Å². The third kappa shape index (κ3) is 3.90. The molecule has 144 valence electrons. The molecule has 0 saturated carbocycles. The molecule has 0 radical (unpaired) electrons. The van der Waals surface area contributed by atoms with E-state index in [2.05, 4.69) is 20.4 Å². The minimum absolute atomic E-state index is 0.204. The summed E-state index contributed by atoms with van der Waals surface area (Å²) >= 11 is 0. The maximum Gasteiger partial charge on any atom is 0.378 e. The number of nitrogens with one attached hydrogen (secondary N) is 1. The number of nitrogens with zero attached hydrogens (tertiary/aromatic N) is 5. The standard InChI is InChI=1S/C16H13FN6O5/c1-8-5-9(2)22-16(18-8)20-14(21-22)15(25)28-7-13(24)19-11-4-3-10(17)6-12(11)23(26)27/h3-6H,7H2,1-2H3,(H,19,24). The minimum Gasteiger partial charge on any atom is -0.450 e. The van der Waals surface area contributed by atoms with E-state index < -0.39 is 34.9 Å². The van der Waals surface area contributed by atoms with Gasteiger partial charge < -0.3 is 10.1 Å². The molecule has 0 spiro atoms. The fourth-order valence-corrected chi connectivity index (χ4v) is 2.40. The fraction of sp³-hybridized carbons (Fsp3) is 0.188. The van der Waals surface area contributed by atoms with Gasteiger partial charge in [-0.1, -0.05) is 0 Å². The van der Waals surface area contributed by atoms with Crippen molar-refractivity contribution in [3.8, 4) is 0 Å². The molecule has 1 N–H and O–H groups in total. The normalized spacial score (nSPS) is 10.7. The first kappa shape index (κ1) is 18.8. The summed E-state index contributed by atoms with van der Waals surface area (Å²) in [6.45, 7) is 2.78. The number of aromatic nitrogens is 4. The summed E-state index contributed by atoms with van der Waals surface area (Å²) in [5.74, 6) is -2.73. The molecule has 11 nitrogen and oxygen atoms in total. The third-order valence-electron chi connectivity index (χ3n) is 3.57. The fourth-order valence-electron chi connectivity index (χ4n) is 2.40. The Balaban J connectivity index is 1.67. The Kier molecular flexibility index (Phi) is 4.94. The zero-order chi connectivity index (χ0) is 20.4. The molecule has 0 unspecified atom stereocenters. The number of amides is 1. The van der Waals surface area contributed by atoms with Gasteiger partial charge in [-0.25, -0.2) is 18.7 Å². The number of nitro benzene ring substituents is 1. The van der Waals surface area contributed by atoms with Gasteiger partial charge >= 0.3 is 5.97 Å². The molecule has 1 amide bonds. The van der Waals surface area contributed by atoms with Crippen LogP contribution >= 0.6 is 0 Å². The summed E-state index contributed by atoms with van der Waals surface area (Å²) in [6.07, 6.45) is 0. The van der Waals surface area contributed by atoms with E-state index in [1.54, 1.807) is 19.9 Å². The number of hydrogen-bond donors (Lipinski definition) is 1. The van der Waals surface area contributed by atoms with E-state index in [-0.39, 0.29) is 17.3 Å². The number of fused-ring (bicyclic) bond motifs is 1. The van der Waals surface area contributed by atoms with Gasteiger partial charge in [-0.05, 0) is 32.0 Å². The van der Waals surface area contributed by atoms with E-state index >= 15 is 0 Å². The SMILES string of the molecule is Cc1cc(C)n2nc(C(=O)OCC(=O)Nc3ccc(F)cc3[N+](=O)[O-])nc2n1. The predicted octanol–water partition coefficient (Wildman–Crippen LogP) is 1.58. The van der Waals surface area contributed by atoms with Crippen molar-refractivity contribution in [1.29, 1.82) is 0 Å². The monoisotopic (exact) mass is 388 g/mol. The molecular weight excluding hydrogens is 375 g/mol. The van der Waals surface area contributed by atoms with Crippen molar-refractivity contribution in [1.82, 2.24) is 19.6 Å². The molecule has 28 heavy (non-hydrogen) atoms. The Morgan fingerprint density at radius 3 is 2.75 bits per heavy atom. The summed E-state index contributed by atoms with van der Waals surface area (Å²) < 4.78 is 19.3. The lowest BCUT2D eigenvalue weighted by Gasteiger charge is -2.06. The Hall–Kier alpha value is -3.96. The number of esters is 1. The van der Waals surface area contributed by atoms with E-state index in [0.717, 1.165) is 12.1 Å². The molecule has 0 fully saturated rings. The van der Waals surface area contributed by atoms with Gasteiger partial charge in [0.15, 0.2) is 6.61 Å². The van der Waals surface area contributed by atoms with Crippen LogP contribution in [0.15, 0.2) is 24.3 Å². The number of carbonyl (C=O) groups excluding carboxylic acids is 2. The van der Waals surface area contributed by atoms with Crippen LogP contribution < -0.4 is 5.32 Å². The number of aryl methyl sites for hydroxylation is 2. The van der Waals surface area contributed by atoms with Crippen LogP contribution in [0, 0.1) is 29.8 Å². The summed E-state index contributed by atoms with van der Waals surface area (Å²) in [7, 11) is 0. The summed E-state index contributed by atoms with van der Waals surface area (Å²) in [5, 5.41) is 17.1. The molecule has 12 heteroatoms. The summed E-state index contributed by atoms with van der Waals surface area (Å²) in [4.78, 5) is 42.1. The molecule has 3 aromatic rings. The molecule has 1 aromatic carbocycles. The van der Waals surface area contributed by atoms with Crippen molar-refractivity contribution < 1.29 is 23.6 Å². The average Bonchev–Trinajstić information content (AvgIpc) is 3.05. The van der Waals surface area contributed by atoms with Gasteiger partial charge in [0.05, 0.1) is 11.0 Å². The van der Waals surface area contributed by atoms with Crippen LogP contribution in [0.4, 0.5) is 15.8 Å². The van der Waals surface area contributed by atoms with Gasteiger partial charge in [0, 0.05) is 11.4 Å². The van der Waals surface area contributed by atoms with E-state index in [1.165, 1.54) is 4.52 Å². The zero-order valence-corrected chi connectivity index (χ0v) is 14.7. The number of carbonyl (C=O) groups is 2. The Morgan fingerprint density at radius 1 is 1.29 bits per heavy atom. The molecule has 0 aliphatic rings. The molecule has 3 rings (SSSR count). The van der Waals surface area contributed by atoms with E-state index in [9.17, 15) is 24.1 Å². The van der Waals surface area contributed by atoms with E-state index in [4.69, 9.17) is 4.74 Å². The predicted molar refractivity (Wildman–Crippen MR) is 92.2 cm³/mol. The lowest BCUT2D eigenvalue weighted by atomic mass is 10.2. The van der Waals surface area contributed by atoms with Crippen LogP contribution in [0.3, 0.4) is 0 Å². The molecule has 0 bridgehead atoms. The van der Waals surface area contributed by atoms with Gasteiger partial charge in [0.2, 0.25) is 0 Å². The first-order chi connectivity index (χ1) is 13.2. The second kappa shape index (κ2) is 7.34. The van der Waals surface area contributed by atoms with E-state index in [0.29, 0.717) is 17.5 Å². The minimum atomic E-state index is -0.966. The molecule has 0 aliphatic heterocycles. The number of ether oxygens (including phenoxy) is 1. The van der Waals surface area contributed by atoms with Gasteiger partial charge in [-0.2, -0.15) is 4.98 Å². The highest BCUT2D eigenvalue weighted by Gasteiger charge is 2.20. The van der Waals surface area contributed by atoms with Crippen molar-refractivity contribution in [2.45, 2.75) is 13.8 Å². The van der Waals surface area contributed by atoms with Crippen molar-refractivity contribution >= 4 is 29.0 Å². The van der Waals surface area contributed by atoms with Gasteiger partial charge in [-0.15, -0.1) is 5.10 Å². The number of nitro groups is 1. The lowest BCUT2D eigenvalue weighted by Crippen LogP contribution is -2.22. The molecule has 0 saturated heterocycles. The highest BCUT2D eigenvalue weighted by atomic mass is 19.1. The maximum atomic E-state index is 13.1. The molecule has 0 atom stereocenters. The van der Waals surface area contributed by atoms with Gasteiger partial charge in [-0.3, -0.25) is 14.9 Å². The van der Waals surface area contributed by atoms with Crippen molar-refractivity contribution in [3.05, 3.63) is 57.4 Å². The second-order valence-corrected chi connectivity index (χ2v) is 5.73. The molecule has 2 heterocycles. The first-order valence-corrected chi connectivity index (χ1v) is 7.86. The molecule has 0 aliphatic carbocycles. The number of rotatable bonds is 5. The number of anilines is 1. The quantitative estimate of drug-likeness (QED) is 0.394. The van der Waals surface area contributed by atoms with Crippen LogP contribution in [0.5, 0.6) is 0 Å². The second-order valence-electron chi connectivity index (χ2n) is 5.73. The van der Waals surface area contributed by atoms with Gasteiger partial charge in [0.25, 0.3) is 23.2 Å². The van der Waals surface area contributed by atoms with Crippen LogP contribution in [0.2, 0.25) is 0 Å². The van der Waals surface area contributed by atoms with Crippen molar-refractivity contribution in [2.24, 2.45) is 0 Å². The Bertz CT molecular complexity index is 1110. The molecule has 2 aromatic heterocycles. The average molecular weight is 388 g/mol. The summed E-state index contributed by atoms with van der Waals surface area (Å²) in [5.41, 5.74) is 0.542. The zero-order valence-electron chi connectivity index (χ0n) is 14.7. The highest BCUT2D eigenvalue weighted by molar-refractivity contribution is 5.96. The largest absolute Gasteiger partial charge is 0.450 e.